The average Bonchev–Trinajstić information content (AvgIpc) is 3.36. The van der Waals surface area contributed by atoms with Gasteiger partial charge in [0.1, 0.15) is 11.4 Å². The van der Waals surface area contributed by atoms with Crippen molar-refractivity contribution in [2.24, 2.45) is 0 Å². The van der Waals surface area contributed by atoms with Gasteiger partial charge in [-0.1, -0.05) is 24.3 Å². The Morgan fingerprint density at radius 3 is 2.42 bits per heavy atom. The summed E-state index contributed by atoms with van der Waals surface area (Å²) in [7, 11) is 0. The number of aromatic amines is 2. The Kier molecular flexibility index (Phi) is 3.31. The molecule has 5 aromatic rings. The smallest absolute Gasteiger partial charge is 0.157 e. The minimum atomic E-state index is 0.744. The quantitative estimate of drug-likeness (QED) is 0.519. The molecule has 0 aliphatic carbocycles. The van der Waals surface area contributed by atoms with Crippen LogP contribution in [0.1, 0.15) is 0 Å². The summed E-state index contributed by atoms with van der Waals surface area (Å²) in [6.45, 7) is 0. The lowest BCUT2D eigenvalue weighted by atomic mass is 10.2. The summed E-state index contributed by atoms with van der Waals surface area (Å²) in [5, 5.41) is 7.41. The molecule has 0 saturated carbocycles. The maximum atomic E-state index is 4.72. The van der Waals surface area contributed by atoms with Gasteiger partial charge in [-0.25, -0.2) is 9.97 Å². The van der Waals surface area contributed by atoms with E-state index < -0.39 is 0 Å². The number of H-pyrrole nitrogens is 2. The first-order chi connectivity index (χ1) is 12.9. The molecule has 26 heavy (non-hydrogen) atoms. The second-order valence-corrected chi connectivity index (χ2v) is 5.89. The van der Waals surface area contributed by atoms with Crippen molar-refractivity contribution in [2.45, 2.75) is 0 Å². The molecule has 0 unspecified atom stereocenters. The summed E-state index contributed by atoms with van der Waals surface area (Å²) in [4.78, 5) is 17.0. The first-order valence-corrected chi connectivity index (χ1v) is 8.26. The molecule has 124 valence electrons. The summed E-state index contributed by atoms with van der Waals surface area (Å²) in [5.41, 5.74) is 5.95. The Morgan fingerprint density at radius 2 is 1.54 bits per heavy atom. The van der Waals surface area contributed by atoms with Crippen molar-refractivity contribution < 1.29 is 0 Å². The van der Waals surface area contributed by atoms with Gasteiger partial charge in [0, 0.05) is 6.20 Å². The average molecular weight is 338 g/mol. The van der Waals surface area contributed by atoms with Crippen LogP contribution in [-0.2, 0) is 0 Å². The Morgan fingerprint density at radius 1 is 0.692 bits per heavy atom. The van der Waals surface area contributed by atoms with Crippen LogP contribution in [0.15, 0.2) is 72.9 Å². The van der Waals surface area contributed by atoms with Crippen molar-refractivity contribution in [3.8, 4) is 34.3 Å². The predicted octanol–water partition coefficient (Wildman–Crippen LogP) is 4.08. The highest BCUT2D eigenvalue weighted by atomic mass is 15.1. The van der Waals surface area contributed by atoms with E-state index in [2.05, 4.69) is 25.1 Å². The molecular formula is C20H14N6. The van der Waals surface area contributed by atoms with Crippen LogP contribution >= 0.6 is 0 Å². The van der Waals surface area contributed by atoms with E-state index in [-0.39, 0.29) is 0 Å². The highest BCUT2D eigenvalue weighted by Crippen LogP contribution is 2.24. The van der Waals surface area contributed by atoms with E-state index in [0.717, 1.165) is 45.3 Å². The molecule has 0 saturated heterocycles. The molecule has 1 aromatic carbocycles. The summed E-state index contributed by atoms with van der Waals surface area (Å²) >= 11 is 0. The van der Waals surface area contributed by atoms with Gasteiger partial charge in [-0.2, -0.15) is 5.10 Å². The maximum Gasteiger partial charge on any atom is 0.157 e. The van der Waals surface area contributed by atoms with E-state index in [1.807, 2.05) is 66.7 Å². The Hall–Kier alpha value is -3.80. The van der Waals surface area contributed by atoms with Crippen molar-refractivity contribution >= 4 is 11.0 Å². The molecule has 2 N–H and O–H groups in total. The number of aromatic nitrogens is 6. The van der Waals surface area contributed by atoms with Crippen LogP contribution in [0, 0.1) is 0 Å². The molecule has 0 aliphatic heterocycles. The fraction of sp³-hybridized carbons (Fsp3) is 0. The monoisotopic (exact) mass is 338 g/mol. The van der Waals surface area contributed by atoms with Gasteiger partial charge in [-0.3, -0.25) is 10.1 Å². The van der Waals surface area contributed by atoms with Crippen LogP contribution in [0.3, 0.4) is 0 Å². The number of rotatable bonds is 3. The molecule has 5 rings (SSSR count). The molecule has 0 bridgehead atoms. The van der Waals surface area contributed by atoms with Gasteiger partial charge in [-0.15, -0.1) is 0 Å². The number of imidazole rings is 1. The largest absolute Gasteiger partial charge is 0.337 e. The summed E-state index contributed by atoms with van der Waals surface area (Å²) < 4.78 is 0. The molecule has 4 heterocycles. The zero-order valence-electron chi connectivity index (χ0n) is 13.7. The third kappa shape index (κ3) is 2.53. The molecule has 0 atom stereocenters. The standard InChI is InChI=1S/C20H14N6/c1-2-8-15-14(7-1)23-20(24-15)17-10-5-9-16(22-17)19-12-18(25-26-19)13-6-3-4-11-21-13/h1-12H,(H,23,24)(H,25,26). The molecule has 6 nitrogen and oxygen atoms in total. The number of pyridine rings is 2. The molecule has 0 spiro atoms. The Bertz CT molecular complexity index is 1160. The fourth-order valence-electron chi connectivity index (χ4n) is 2.89. The van der Waals surface area contributed by atoms with Crippen LogP contribution in [0.4, 0.5) is 0 Å². The number of benzene rings is 1. The molecule has 0 radical (unpaired) electrons. The van der Waals surface area contributed by atoms with E-state index in [1.54, 1.807) is 6.20 Å². The number of nitrogens with zero attached hydrogens (tertiary/aromatic N) is 4. The highest BCUT2D eigenvalue weighted by molar-refractivity contribution is 5.79. The van der Waals surface area contributed by atoms with Gasteiger partial charge >= 0.3 is 0 Å². The number of hydrogen-bond donors (Lipinski definition) is 2. The first-order valence-electron chi connectivity index (χ1n) is 8.26. The van der Waals surface area contributed by atoms with E-state index in [9.17, 15) is 0 Å². The van der Waals surface area contributed by atoms with Gasteiger partial charge in [0.05, 0.1) is 28.1 Å². The topological polar surface area (TPSA) is 83.1 Å². The van der Waals surface area contributed by atoms with Crippen LogP contribution in [0.25, 0.3) is 45.3 Å². The van der Waals surface area contributed by atoms with Gasteiger partial charge in [0.15, 0.2) is 5.82 Å². The molecule has 0 aliphatic rings. The summed E-state index contributed by atoms with van der Waals surface area (Å²) in [5.74, 6) is 0.744. The third-order valence-corrected chi connectivity index (χ3v) is 4.16. The third-order valence-electron chi connectivity index (χ3n) is 4.16. The minimum absolute atomic E-state index is 0.744. The number of fused-ring (bicyclic) bond motifs is 1. The van der Waals surface area contributed by atoms with Gasteiger partial charge in [0.2, 0.25) is 0 Å². The maximum absolute atomic E-state index is 4.72. The van der Waals surface area contributed by atoms with Crippen molar-refractivity contribution in [2.75, 3.05) is 0 Å². The normalized spacial score (nSPS) is 11.1. The minimum Gasteiger partial charge on any atom is -0.337 e. The first kappa shape index (κ1) is 14.5. The Balaban J connectivity index is 1.53. The molecule has 0 fully saturated rings. The second-order valence-electron chi connectivity index (χ2n) is 5.89. The lowest BCUT2D eigenvalue weighted by Gasteiger charge is -1.99. The van der Waals surface area contributed by atoms with Crippen LogP contribution in [-0.4, -0.2) is 30.1 Å². The Labute approximate surface area is 149 Å². The van der Waals surface area contributed by atoms with Gasteiger partial charge in [-0.05, 0) is 42.5 Å². The van der Waals surface area contributed by atoms with Crippen molar-refractivity contribution in [1.82, 2.24) is 30.1 Å². The summed E-state index contributed by atoms with van der Waals surface area (Å²) in [6, 6.07) is 21.5. The van der Waals surface area contributed by atoms with Gasteiger partial charge in [0.25, 0.3) is 0 Å². The highest BCUT2D eigenvalue weighted by Gasteiger charge is 2.11. The molecule has 6 heteroatoms. The van der Waals surface area contributed by atoms with Crippen molar-refractivity contribution in [3.05, 3.63) is 72.9 Å². The number of para-hydroxylation sites is 2. The van der Waals surface area contributed by atoms with Crippen LogP contribution in [0.5, 0.6) is 0 Å². The SMILES string of the molecule is c1ccc(-c2cc(-c3cccc(-c4nc5ccccc5[nH]4)n3)n[nH]2)nc1. The fourth-order valence-corrected chi connectivity index (χ4v) is 2.89. The van der Waals surface area contributed by atoms with E-state index >= 15 is 0 Å². The van der Waals surface area contributed by atoms with Crippen LogP contribution < -0.4 is 0 Å². The lowest BCUT2D eigenvalue weighted by molar-refractivity contribution is 1.08. The van der Waals surface area contributed by atoms with Gasteiger partial charge < -0.3 is 4.98 Å². The molecule has 0 amide bonds. The zero-order chi connectivity index (χ0) is 17.3. The zero-order valence-corrected chi connectivity index (χ0v) is 13.7. The predicted molar refractivity (Wildman–Crippen MR) is 100 cm³/mol. The number of hydrogen-bond acceptors (Lipinski definition) is 4. The summed E-state index contributed by atoms with van der Waals surface area (Å²) in [6.07, 6.45) is 1.76. The van der Waals surface area contributed by atoms with Crippen molar-refractivity contribution in [1.29, 1.82) is 0 Å². The van der Waals surface area contributed by atoms with E-state index in [1.165, 1.54) is 0 Å². The van der Waals surface area contributed by atoms with E-state index in [4.69, 9.17) is 4.98 Å². The van der Waals surface area contributed by atoms with Crippen LogP contribution in [0.2, 0.25) is 0 Å². The molecular weight excluding hydrogens is 324 g/mol. The number of nitrogens with one attached hydrogen (secondary N) is 2. The second kappa shape index (κ2) is 5.93. The van der Waals surface area contributed by atoms with E-state index in [0.29, 0.717) is 0 Å². The lowest BCUT2D eigenvalue weighted by Crippen LogP contribution is -1.89. The van der Waals surface area contributed by atoms with Crippen molar-refractivity contribution in [3.63, 3.8) is 0 Å². The molecule has 4 aromatic heterocycles.